The van der Waals surface area contributed by atoms with Gasteiger partial charge in [0.25, 0.3) is 14.7 Å². The molecule has 1 aliphatic heterocycles. The molecular weight excluding hydrogens is 643 g/mol. The standard InChI is InChI=1S/C33H31Cl3N2O5S/c1-21-28(20-44-29-8-4-5-17-38(29)41)42-31(43-30(21)24-11-9-22(19-39)10-12-24)25-15-13-23(14-16-25)27-7-3-2-6-26(27)18-37-32(40)33(34,35)36/h2-17,21,28,30-31,39H,18-20H2,1H3,(H,37,40)/t21-,28+,30+,31+/m0/s1. The maximum Gasteiger partial charge on any atom is 0.272 e. The zero-order chi connectivity index (χ0) is 31.3. The van der Waals surface area contributed by atoms with Crippen molar-refractivity contribution < 1.29 is 24.1 Å². The van der Waals surface area contributed by atoms with E-state index in [0.717, 1.165) is 38.1 Å². The Morgan fingerprint density at radius 2 is 1.64 bits per heavy atom. The highest BCUT2D eigenvalue weighted by Gasteiger charge is 2.38. The molecule has 4 aromatic rings. The van der Waals surface area contributed by atoms with E-state index in [4.69, 9.17) is 44.3 Å². The van der Waals surface area contributed by atoms with Gasteiger partial charge in [0.05, 0.1) is 18.8 Å². The van der Waals surface area contributed by atoms with Gasteiger partial charge in [0.15, 0.2) is 12.5 Å². The Kier molecular flexibility index (Phi) is 10.7. The number of thioether (sulfide) groups is 1. The van der Waals surface area contributed by atoms with Gasteiger partial charge < -0.3 is 25.1 Å². The predicted octanol–water partition coefficient (Wildman–Crippen LogP) is 7.05. The van der Waals surface area contributed by atoms with Gasteiger partial charge in [-0.15, -0.1) is 0 Å². The van der Waals surface area contributed by atoms with E-state index in [9.17, 15) is 15.1 Å². The Bertz CT molecular complexity index is 1570. The molecule has 0 unspecified atom stereocenters. The summed E-state index contributed by atoms with van der Waals surface area (Å²) in [7, 11) is 0. The molecule has 11 heteroatoms. The number of nitrogens with zero attached hydrogens (tertiary/aromatic N) is 1. The summed E-state index contributed by atoms with van der Waals surface area (Å²) in [4.78, 5) is 12.1. The van der Waals surface area contributed by atoms with Crippen LogP contribution in [-0.2, 0) is 27.4 Å². The summed E-state index contributed by atoms with van der Waals surface area (Å²) < 4.78 is 11.9. The average Bonchev–Trinajstić information content (AvgIpc) is 3.03. The van der Waals surface area contributed by atoms with E-state index in [2.05, 4.69) is 12.2 Å². The summed E-state index contributed by atoms with van der Waals surface area (Å²) in [6.45, 7) is 2.25. The lowest BCUT2D eigenvalue weighted by atomic mass is 9.91. The maximum atomic E-state index is 12.3. The number of pyridine rings is 1. The number of hydrogen-bond donors (Lipinski definition) is 2. The SMILES string of the molecule is C[C@H]1[C@@H](CSc2cccc[n+]2[O-])O[C@@H](c2ccc(-c3ccccc3CNC(=O)C(Cl)(Cl)Cl)cc2)O[C@H]1c1ccc(CO)cc1. The third-order valence-corrected chi connectivity index (χ3v) is 9.14. The van der Waals surface area contributed by atoms with Crippen molar-refractivity contribution in [3.05, 3.63) is 125 Å². The average molecular weight is 674 g/mol. The van der Waals surface area contributed by atoms with Crippen LogP contribution in [0.15, 0.2) is 102 Å². The number of benzene rings is 3. The topological polar surface area (TPSA) is 94.7 Å². The largest absolute Gasteiger partial charge is 0.618 e. The van der Waals surface area contributed by atoms with Crippen LogP contribution in [0.3, 0.4) is 0 Å². The Hall–Kier alpha value is -2.82. The first kappa shape index (κ1) is 32.6. The van der Waals surface area contributed by atoms with Crippen molar-refractivity contribution >= 4 is 52.5 Å². The van der Waals surface area contributed by atoms with Crippen LogP contribution in [0.4, 0.5) is 0 Å². The number of aliphatic hydroxyl groups excluding tert-OH is 1. The number of aliphatic hydroxyl groups is 1. The number of alkyl halides is 3. The number of rotatable bonds is 9. The molecule has 1 aliphatic rings. The van der Waals surface area contributed by atoms with Crippen molar-refractivity contribution in [1.29, 1.82) is 0 Å². The number of ether oxygens (including phenoxy) is 2. The predicted molar refractivity (Wildman–Crippen MR) is 173 cm³/mol. The highest BCUT2D eigenvalue weighted by atomic mass is 35.6. The molecule has 0 radical (unpaired) electrons. The number of nitrogens with one attached hydrogen (secondary N) is 1. The summed E-state index contributed by atoms with van der Waals surface area (Å²) >= 11 is 18.6. The van der Waals surface area contributed by atoms with E-state index < -0.39 is 16.0 Å². The Morgan fingerprint density at radius 3 is 2.32 bits per heavy atom. The number of amides is 1. The lowest BCUT2D eigenvalue weighted by molar-refractivity contribution is -0.645. The van der Waals surface area contributed by atoms with Gasteiger partial charge in [-0.1, -0.05) is 126 Å². The van der Waals surface area contributed by atoms with Crippen LogP contribution < -0.4 is 10.0 Å². The van der Waals surface area contributed by atoms with Gasteiger partial charge in [-0.3, -0.25) is 4.79 Å². The van der Waals surface area contributed by atoms with Crippen LogP contribution in [0.5, 0.6) is 0 Å². The molecule has 4 atom stereocenters. The van der Waals surface area contributed by atoms with Gasteiger partial charge in [0.1, 0.15) is 0 Å². The van der Waals surface area contributed by atoms with Crippen LogP contribution in [0.1, 0.15) is 41.6 Å². The lowest BCUT2D eigenvalue weighted by Crippen LogP contribution is -2.39. The number of carbonyl (C=O) groups excluding carboxylic acids is 1. The van der Waals surface area contributed by atoms with Crippen molar-refractivity contribution in [3.63, 3.8) is 0 Å². The Morgan fingerprint density at radius 1 is 0.955 bits per heavy atom. The second kappa shape index (κ2) is 14.5. The van der Waals surface area contributed by atoms with Crippen LogP contribution in [0.2, 0.25) is 0 Å². The molecule has 7 nitrogen and oxygen atoms in total. The number of carbonyl (C=O) groups is 1. The first-order valence-electron chi connectivity index (χ1n) is 14.0. The normalized spacial score (nSPS) is 20.3. The van der Waals surface area contributed by atoms with Gasteiger partial charge in [-0.05, 0) is 33.9 Å². The van der Waals surface area contributed by atoms with Gasteiger partial charge in [-0.2, -0.15) is 4.73 Å². The molecule has 0 aliphatic carbocycles. The summed E-state index contributed by atoms with van der Waals surface area (Å²) in [5.41, 5.74) is 5.37. The maximum absolute atomic E-state index is 12.3. The summed E-state index contributed by atoms with van der Waals surface area (Å²) in [5, 5.41) is 25.0. The first-order chi connectivity index (χ1) is 21.1. The van der Waals surface area contributed by atoms with Crippen molar-refractivity contribution in [2.75, 3.05) is 5.75 Å². The highest BCUT2D eigenvalue weighted by Crippen LogP contribution is 2.43. The third-order valence-electron chi connectivity index (χ3n) is 7.52. The quantitative estimate of drug-likeness (QED) is 0.0856. The molecule has 1 amide bonds. The molecule has 1 saturated heterocycles. The Labute approximate surface area is 275 Å². The fraction of sp³-hybridized carbons (Fsp3) is 0.273. The van der Waals surface area contributed by atoms with Crippen molar-refractivity contribution in [2.24, 2.45) is 5.92 Å². The molecule has 2 N–H and O–H groups in total. The van der Waals surface area contributed by atoms with Gasteiger partial charge >= 0.3 is 0 Å². The Balaban J connectivity index is 1.38. The minimum Gasteiger partial charge on any atom is -0.618 e. The number of hydrogen-bond acceptors (Lipinski definition) is 6. The molecule has 0 spiro atoms. The lowest BCUT2D eigenvalue weighted by Gasteiger charge is -2.41. The minimum atomic E-state index is -2.04. The fourth-order valence-corrected chi connectivity index (χ4v) is 6.33. The van der Waals surface area contributed by atoms with Gasteiger partial charge in [-0.25, -0.2) is 0 Å². The second-order valence-electron chi connectivity index (χ2n) is 10.5. The van der Waals surface area contributed by atoms with Crippen molar-refractivity contribution in [3.8, 4) is 11.1 Å². The smallest absolute Gasteiger partial charge is 0.272 e. The van der Waals surface area contributed by atoms with Crippen molar-refractivity contribution in [2.45, 2.75) is 47.4 Å². The van der Waals surface area contributed by atoms with Crippen LogP contribution in [0, 0.1) is 11.1 Å². The summed E-state index contributed by atoms with van der Waals surface area (Å²) in [6.07, 6.45) is 0.342. The zero-order valence-corrected chi connectivity index (χ0v) is 26.8. The van der Waals surface area contributed by atoms with Crippen LogP contribution in [0.25, 0.3) is 11.1 Å². The summed E-state index contributed by atoms with van der Waals surface area (Å²) in [5.74, 6) is -0.153. The molecule has 0 bridgehead atoms. The van der Waals surface area contributed by atoms with E-state index in [1.54, 1.807) is 12.1 Å². The van der Waals surface area contributed by atoms with Crippen molar-refractivity contribution in [1.82, 2.24) is 5.32 Å². The van der Waals surface area contributed by atoms with Crippen LogP contribution >= 0.6 is 46.6 Å². The molecule has 2 heterocycles. The zero-order valence-electron chi connectivity index (χ0n) is 23.7. The first-order valence-corrected chi connectivity index (χ1v) is 16.1. The van der Waals surface area contributed by atoms with E-state index in [0.29, 0.717) is 10.8 Å². The molecule has 3 aromatic carbocycles. The van der Waals surface area contributed by atoms with E-state index in [1.165, 1.54) is 18.0 Å². The second-order valence-corrected chi connectivity index (χ2v) is 13.8. The molecule has 1 aromatic heterocycles. The number of aromatic nitrogens is 1. The monoisotopic (exact) mass is 672 g/mol. The number of halogens is 3. The molecule has 0 saturated carbocycles. The van der Waals surface area contributed by atoms with E-state index in [-0.39, 0.29) is 31.3 Å². The fourth-order valence-electron chi connectivity index (χ4n) is 5.05. The van der Waals surface area contributed by atoms with Gasteiger partial charge in [0.2, 0.25) is 0 Å². The van der Waals surface area contributed by atoms with Gasteiger partial charge in [0, 0.05) is 35.9 Å². The van der Waals surface area contributed by atoms with E-state index >= 15 is 0 Å². The molecule has 230 valence electrons. The summed E-state index contributed by atoms with van der Waals surface area (Å²) in [6, 6.07) is 28.6. The molecular formula is C33H31Cl3N2O5S. The third kappa shape index (κ3) is 7.87. The molecule has 5 rings (SSSR count). The molecule has 1 fully saturated rings. The minimum absolute atomic E-state index is 0.0170. The van der Waals surface area contributed by atoms with E-state index in [1.807, 2.05) is 78.9 Å². The molecule has 44 heavy (non-hydrogen) atoms. The van der Waals surface area contributed by atoms with Crippen LogP contribution in [-0.4, -0.2) is 26.7 Å². The highest BCUT2D eigenvalue weighted by molar-refractivity contribution is 7.99.